The lowest BCUT2D eigenvalue weighted by atomic mass is 9.89. The third kappa shape index (κ3) is 5.25. The molecule has 0 aliphatic carbocycles. The Morgan fingerprint density at radius 1 is 0.871 bits per heavy atom. The van der Waals surface area contributed by atoms with Gasteiger partial charge in [0, 0.05) is 12.2 Å². The molecule has 0 saturated carbocycles. The standard InChI is InChI=1S/C26H29N3O2/c27-22-13-7-12-21(16-22)18-29-24(17-20-10-5-2-6-11-20)25(30)23(28-26(29)31)15-14-19-8-3-1-4-9-19/h1-13,16,23-25,30H,14-15,17-18,27H2,(H,28,31)/t23-,24-,25-/m1/s1. The van der Waals surface area contributed by atoms with Crippen LogP contribution in [0.1, 0.15) is 23.1 Å². The van der Waals surface area contributed by atoms with Gasteiger partial charge < -0.3 is 21.1 Å². The Bertz CT molecular complexity index is 994. The Kier molecular flexibility index (Phi) is 6.53. The predicted molar refractivity (Wildman–Crippen MR) is 123 cm³/mol. The number of nitrogens with zero attached hydrogens (tertiary/aromatic N) is 1. The van der Waals surface area contributed by atoms with Gasteiger partial charge in [-0.1, -0.05) is 72.8 Å². The van der Waals surface area contributed by atoms with Crippen molar-refractivity contribution in [2.45, 2.75) is 44.0 Å². The monoisotopic (exact) mass is 415 g/mol. The maximum Gasteiger partial charge on any atom is 0.318 e. The number of hydrogen-bond acceptors (Lipinski definition) is 3. The van der Waals surface area contributed by atoms with E-state index in [1.807, 2.05) is 72.8 Å². The number of amides is 2. The highest BCUT2D eigenvalue weighted by molar-refractivity contribution is 5.76. The second-order valence-corrected chi connectivity index (χ2v) is 8.20. The van der Waals surface area contributed by atoms with E-state index in [0.717, 1.165) is 17.5 Å². The molecule has 0 radical (unpaired) electrons. The first kappa shape index (κ1) is 20.9. The number of rotatable bonds is 7. The van der Waals surface area contributed by atoms with Crippen LogP contribution in [0.4, 0.5) is 10.5 Å². The minimum absolute atomic E-state index is 0.147. The molecule has 5 nitrogen and oxygen atoms in total. The zero-order chi connectivity index (χ0) is 21.6. The van der Waals surface area contributed by atoms with Gasteiger partial charge in [-0.2, -0.15) is 0 Å². The lowest BCUT2D eigenvalue weighted by molar-refractivity contribution is 0.0100. The van der Waals surface area contributed by atoms with Crippen LogP contribution in [0.5, 0.6) is 0 Å². The molecule has 31 heavy (non-hydrogen) atoms. The zero-order valence-electron chi connectivity index (χ0n) is 17.5. The molecule has 3 aromatic rings. The maximum atomic E-state index is 13.1. The molecule has 0 unspecified atom stereocenters. The minimum atomic E-state index is -0.678. The van der Waals surface area contributed by atoms with Crippen molar-refractivity contribution >= 4 is 11.7 Å². The largest absolute Gasteiger partial charge is 0.399 e. The molecule has 0 spiro atoms. The Morgan fingerprint density at radius 2 is 1.52 bits per heavy atom. The van der Waals surface area contributed by atoms with Crippen molar-refractivity contribution in [2.24, 2.45) is 0 Å². The maximum absolute atomic E-state index is 13.1. The Labute approximate surface area is 183 Å². The normalized spacial score (nSPS) is 21.0. The van der Waals surface area contributed by atoms with Gasteiger partial charge in [0.2, 0.25) is 0 Å². The summed E-state index contributed by atoms with van der Waals surface area (Å²) in [6.45, 7) is 0.400. The van der Waals surface area contributed by atoms with E-state index in [4.69, 9.17) is 5.73 Å². The zero-order valence-corrected chi connectivity index (χ0v) is 17.5. The number of carbonyl (C=O) groups is 1. The summed E-state index contributed by atoms with van der Waals surface area (Å²) in [5.41, 5.74) is 9.84. The quantitative estimate of drug-likeness (QED) is 0.514. The number of carbonyl (C=O) groups excluding carboxylic acids is 1. The van der Waals surface area contributed by atoms with Crippen LogP contribution >= 0.6 is 0 Å². The van der Waals surface area contributed by atoms with Crippen molar-refractivity contribution < 1.29 is 9.90 Å². The molecule has 1 aliphatic rings. The number of nitrogens with two attached hydrogens (primary N) is 1. The third-order valence-electron chi connectivity index (χ3n) is 5.96. The molecule has 1 fully saturated rings. The Hall–Kier alpha value is -3.31. The summed E-state index contributed by atoms with van der Waals surface area (Å²) in [5, 5.41) is 14.4. The average molecular weight is 416 g/mol. The summed E-state index contributed by atoms with van der Waals surface area (Å²) in [4.78, 5) is 14.9. The number of aryl methyl sites for hydroxylation is 1. The molecule has 4 N–H and O–H groups in total. The molecule has 1 heterocycles. The number of anilines is 1. The van der Waals surface area contributed by atoms with Crippen LogP contribution in [-0.4, -0.2) is 34.2 Å². The number of aliphatic hydroxyl groups excluding tert-OH is 1. The van der Waals surface area contributed by atoms with E-state index in [9.17, 15) is 9.90 Å². The highest BCUT2D eigenvalue weighted by atomic mass is 16.3. The Balaban J connectivity index is 1.55. The lowest BCUT2D eigenvalue weighted by Gasteiger charge is -2.44. The van der Waals surface area contributed by atoms with Gasteiger partial charge in [0.1, 0.15) is 0 Å². The van der Waals surface area contributed by atoms with Crippen molar-refractivity contribution in [3.8, 4) is 0 Å². The van der Waals surface area contributed by atoms with E-state index in [-0.39, 0.29) is 18.1 Å². The van der Waals surface area contributed by atoms with Gasteiger partial charge >= 0.3 is 6.03 Å². The number of nitrogens with one attached hydrogen (secondary N) is 1. The first-order valence-corrected chi connectivity index (χ1v) is 10.8. The van der Waals surface area contributed by atoms with Gasteiger partial charge in [0.15, 0.2) is 0 Å². The highest BCUT2D eigenvalue weighted by Crippen LogP contribution is 2.24. The van der Waals surface area contributed by atoms with Crippen LogP contribution < -0.4 is 11.1 Å². The average Bonchev–Trinajstić information content (AvgIpc) is 2.79. The van der Waals surface area contributed by atoms with E-state index in [1.54, 1.807) is 4.90 Å². The summed E-state index contributed by atoms with van der Waals surface area (Å²) < 4.78 is 0. The topological polar surface area (TPSA) is 78.6 Å². The van der Waals surface area contributed by atoms with Crippen molar-refractivity contribution in [3.63, 3.8) is 0 Å². The summed E-state index contributed by atoms with van der Waals surface area (Å²) in [6.07, 6.45) is 1.41. The van der Waals surface area contributed by atoms with E-state index in [1.165, 1.54) is 5.56 Å². The molecule has 3 aromatic carbocycles. The van der Waals surface area contributed by atoms with Gasteiger partial charge in [-0.05, 0) is 48.1 Å². The SMILES string of the molecule is Nc1cccc(CN2C(=O)N[C@H](CCc3ccccc3)[C@@H](O)[C@H]2Cc2ccccc2)c1. The smallest absolute Gasteiger partial charge is 0.318 e. The number of urea groups is 1. The van der Waals surface area contributed by atoms with Crippen molar-refractivity contribution in [1.82, 2.24) is 10.2 Å². The molecular formula is C26H29N3O2. The molecular weight excluding hydrogens is 386 g/mol. The molecule has 0 aromatic heterocycles. The molecule has 1 saturated heterocycles. The van der Waals surface area contributed by atoms with Gasteiger partial charge in [-0.15, -0.1) is 0 Å². The van der Waals surface area contributed by atoms with Gasteiger partial charge in [-0.3, -0.25) is 0 Å². The summed E-state index contributed by atoms with van der Waals surface area (Å²) in [7, 11) is 0. The number of benzene rings is 3. The summed E-state index contributed by atoms with van der Waals surface area (Å²) >= 11 is 0. The number of hydrogen-bond donors (Lipinski definition) is 3. The van der Waals surface area contributed by atoms with Crippen LogP contribution in [-0.2, 0) is 19.4 Å². The lowest BCUT2D eigenvalue weighted by Crippen LogP contribution is -2.65. The summed E-state index contributed by atoms with van der Waals surface area (Å²) in [6, 6.07) is 27.0. The van der Waals surface area contributed by atoms with Crippen LogP contribution in [0.15, 0.2) is 84.9 Å². The minimum Gasteiger partial charge on any atom is -0.399 e. The van der Waals surface area contributed by atoms with Crippen LogP contribution in [0.2, 0.25) is 0 Å². The third-order valence-corrected chi connectivity index (χ3v) is 5.96. The molecule has 5 heteroatoms. The van der Waals surface area contributed by atoms with Crippen molar-refractivity contribution in [1.29, 1.82) is 0 Å². The Morgan fingerprint density at radius 3 is 2.19 bits per heavy atom. The molecule has 4 rings (SSSR count). The fraction of sp³-hybridized carbons (Fsp3) is 0.269. The van der Waals surface area contributed by atoms with Gasteiger partial charge in [-0.25, -0.2) is 4.79 Å². The first-order valence-electron chi connectivity index (χ1n) is 10.8. The molecule has 160 valence electrons. The summed E-state index contributed by atoms with van der Waals surface area (Å²) in [5.74, 6) is 0. The van der Waals surface area contributed by atoms with E-state index >= 15 is 0 Å². The van der Waals surface area contributed by atoms with Gasteiger partial charge in [0.25, 0.3) is 0 Å². The van der Waals surface area contributed by atoms with Crippen LogP contribution in [0.3, 0.4) is 0 Å². The van der Waals surface area contributed by atoms with E-state index < -0.39 is 6.10 Å². The molecule has 0 bridgehead atoms. The number of aliphatic hydroxyl groups is 1. The fourth-order valence-corrected chi connectivity index (χ4v) is 4.30. The fourth-order valence-electron chi connectivity index (χ4n) is 4.30. The highest BCUT2D eigenvalue weighted by Gasteiger charge is 2.40. The first-order chi connectivity index (χ1) is 15.1. The van der Waals surface area contributed by atoms with E-state index in [0.29, 0.717) is 25.1 Å². The second kappa shape index (κ2) is 9.67. The van der Waals surface area contributed by atoms with Crippen molar-refractivity contribution in [3.05, 3.63) is 102 Å². The molecule has 2 amide bonds. The molecule has 1 aliphatic heterocycles. The van der Waals surface area contributed by atoms with Crippen LogP contribution in [0, 0.1) is 0 Å². The van der Waals surface area contributed by atoms with Gasteiger partial charge in [0.05, 0.1) is 18.2 Å². The van der Waals surface area contributed by atoms with Crippen molar-refractivity contribution in [2.75, 3.05) is 5.73 Å². The predicted octanol–water partition coefficient (Wildman–Crippen LogP) is 3.77. The second-order valence-electron chi connectivity index (χ2n) is 8.20. The van der Waals surface area contributed by atoms with E-state index in [2.05, 4.69) is 17.4 Å². The van der Waals surface area contributed by atoms with Crippen LogP contribution in [0.25, 0.3) is 0 Å². The molecule has 3 atom stereocenters. The number of nitrogen functional groups attached to an aromatic ring is 1.